The maximum Gasteiger partial charge on any atom is 0.348 e. The summed E-state index contributed by atoms with van der Waals surface area (Å²) in [6, 6.07) is 0. The Labute approximate surface area is 135 Å². The smallest absolute Gasteiger partial charge is 0.348 e. The van der Waals surface area contributed by atoms with Gasteiger partial charge in [-0.3, -0.25) is 9.55 Å². The van der Waals surface area contributed by atoms with E-state index in [1.165, 1.54) is 17.2 Å². The fourth-order valence-corrected chi connectivity index (χ4v) is 2.48. The number of H-pyrrole nitrogens is 1. The van der Waals surface area contributed by atoms with Crippen molar-refractivity contribution in [3.63, 3.8) is 0 Å². The van der Waals surface area contributed by atoms with E-state index in [2.05, 4.69) is 19.9 Å². The third kappa shape index (κ3) is 2.78. The number of aromatic amines is 1. The van der Waals surface area contributed by atoms with Crippen molar-refractivity contribution in [3.8, 4) is 0 Å². The summed E-state index contributed by atoms with van der Waals surface area (Å²) in [5, 5.41) is 29.2. The Morgan fingerprint density at radius 2 is 2.21 bits per heavy atom. The number of fused-ring (bicyclic) bond motifs is 1. The largest absolute Gasteiger partial charge is 0.394 e. The maximum atomic E-state index is 11.8. The van der Waals surface area contributed by atoms with Crippen LogP contribution >= 0.6 is 0 Å². The molecule has 0 saturated carbocycles. The van der Waals surface area contributed by atoms with E-state index in [9.17, 15) is 20.1 Å². The van der Waals surface area contributed by atoms with Crippen molar-refractivity contribution < 1.29 is 20.1 Å². The molecule has 0 amide bonds. The molecule has 130 valence electrons. The van der Waals surface area contributed by atoms with Crippen LogP contribution in [0.2, 0.25) is 0 Å². The molecule has 0 spiro atoms. The third-order valence-electron chi connectivity index (χ3n) is 3.63. The number of rotatable bonds is 4. The van der Waals surface area contributed by atoms with Crippen LogP contribution in [0, 0.1) is 0 Å². The van der Waals surface area contributed by atoms with Crippen molar-refractivity contribution in [2.75, 3.05) is 20.7 Å². The average molecular weight is 338 g/mol. The van der Waals surface area contributed by atoms with Crippen LogP contribution in [-0.2, 0) is 4.74 Å². The van der Waals surface area contributed by atoms with E-state index in [0.717, 1.165) is 0 Å². The molecule has 11 heteroatoms. The summed E-state index contributed by atoms with van der Waals surface area (Å²) >= 11 is 0. The molecule has 1 fully saturated rings. The first-order valence-electron chi connectivity index (χ1n) is 7.22. The minimum Gasteiger partial charge on any atom is -0.394 e. The Morgan fingerprint density at radius 1 is 1.46 bits per heavy atom. The molecule has 2 aromatic heterocycles. The molecule has 4 atom stereocenters. The highest BCUT2D eigenvalue weighted by Gasteiger charge is 2.44. The third-order valence-corrected chi connectivity index (χ3v) is 3.63. The van der Waals surface area contributed by atoms with Gasteiger partial charge in [0.05, 0.1) is 19.3 Å². The monoisotopic (exact) mass is 338 g/mol. The molecule has 2 aromatic rings. The van der Waals surface area contributed by atoms with Crippen molar-refractivity contribution in [1.29, 1.82) is 0 Å². The summed E-state index contributed by atoms with van der Waals surface area (Å²) in [7, 11) is 3.55. The maximum absolute atomic E-state index is 11.8. The van der Waals surface area contributed by atoms with E-state index in [1.54, 1.807) is 19.0 Å². The van der Waals surface area contributed by atoms with Crippen molar-refractivity contribution >= 4 is 23.3 Å². The first-order chi connectivity index (χ1) is 11.4. The molecule has 0 aromatic carbocycles. The fraction of sp³-hybridized carbons (Fsp3) is 0.538. The number of aliphatic imine (C=N–C) groups is 1. The number of imidazole rings is 1. The van der Waals surface area contributed by atoms with Crippen LogP contribution < -0.4 is 5.69 Å². The van der Waals surface area contributed by atoms with E-state index in [1.807, 2.05) is 0 Å². The Kier molecular flexibility index (Phi) is 4.32. The minimum absolute atomic E-state index is 0.152. The summed E-state index contributed by atoms with van der Waals surface area (Å²) in [5.41, 5.74) is -0.174. The van der Waals surface area contributed by atoms with E-state index in [-0.39, 0.29) is 11.5 Å². The molecule has 1 saturated heterocycles. The molecule has 24 heavy (non-hydrogen) atoms. The average Bonchev–Trinajstić information content (AvgIpc) is 3.07. The van der Waals surface area contributed by atoms with Crippen molar-refractivity contribution in [2.24, 2.45) is 4.99 Å². The Balaban J connectivity index is 2.07. The highest BCUT2D eigenvalue weighted by molar-refractivity contribution is 5.82. The van der Waals surface area contributed by atoms with Crippen LogP contribution in [0.25, 0.3) is 11.2 Å². The van der Waals surface area contributed by atoms with Crippen LogP contribution in [0.4, 0.5) is 5.82 Å². The Bertz CT molecular complexity index is 815. The van der Waals surface area contributed by atoms with Crippen LogP contribution in [0.15, 0.2) is 16.1 Å². The molecular formula is C13H18N6O5. The van der Waals surface area contributed by atoms with Crippen LogP contribution in [0.1, 0.15) is 6.23 Å². The van der Waals surface area contributed by atoms with E-state index < -0.39 is 36.8 Å². The van der Waals surface area contributed by atoms with Crippen molar-refractivity contribution in [2.45, 2.75) is 24.5 Å². The summed E-state index contributed by atoms with van der Waals surface area (Å²) in [6.45, 7) is -0.451. The van der Waals surface area contributed by atoms with Gasteiger partial charge in [-0.05, 0) is 0 Å². The molecule has 11 nitrogen and oxygen atoms in total. The van der Waals surface area contributed by atoms with Gasteiger partial charge < -0.3 is 25.0 Å². The number of hydrogen-bond donors (Lipinski definition) is 4. The summed E-state index contributed by atoms with van der Waals surface area (Å²) in [6.07, 6.45) is -1.69. The van der Waals surface area contributed by atoms with Gasteiger partial charge in [-0.15, -0.1) is 0 Å². The molecule has 3 heterocycles. The molecule has 1 aliphatic rings. The molecule has 0 radical (unpaired) electrons. The Hall–Kier alpha value is -2.34. The normalized spacial score (nSPS) is 27.4. The molecule has 0 bridgehead atoms. The van der Waals surface area contributed by atoms with Gasteiger partial charge in [0.1, 0.15) is 18.3 Å². The molecule has 0 aliphatic carbocycles. The SMILES string of the molecule is CN(C)C=Nc1[nH]c(=O)nc2c1ncn2C1OC(CO)C(O)C1O. The van der Waals surface area contributed by atoms with Gasteiger partial charge in [0.25, 0.3) is 0 Å². The van der Waals surface area contributed by atoms with E-state index >= 15 is 0 Å². The number of aliphatic hydroxyl groups is 3. The van der Waals surface area contributed by atoms with Gasteiger partial charge in [0, 0.05) is 14.1 Å². The van der Waals surface area contributed by atoms with Gasteiger partial charge >= 0.3 is 5.69 Å². The number of aliphatic hydroxyl groups excluding tert-OH is 3. The highest BCUT2D eigenvalue weighted by atomic mass is 16.6. The zero-order chi connectivity index (χ0) is 17.4. The molecule has 1 aliphatic heterocycles. The Morgan fingerprint density at radius 3 is 2.83 bits per heavy atom. The lowest BCUT2D eigenvalue weighted by Crippen LogP contribution is -2.33. The predicted octanol–water partition coefficient (Wildman–Crippen LogP) is -2.05. The highest BCUT2D eigenvalue weighted by Crippen LogP contribution is 2.32. The summed E-state index contributed by atoms with van der Waals surface area (Å²) in [4.78, 5) is 28.1. The molecule has 4 N–H and O–H groups in total. The van der Waals surface area contributed by atoms with Crippen LogP contribution in [0.3, 0.4) is 0 Å². The molecule has 3 rings (SSSR count). The van der Waals surface area contributed by atoms with Gasteiger partial charge in [-0.25, -0.2) is 14.8 Å². The fourth-order valence-electron chi connectivity index (χ4n) is 2.48. The van der Waals surface area contributed by atoms with Gasteiger partial charge in [0.15, 0.2) is 23.2 Å². The lowest BCUT2D eigenvalue weighted by molar-refractivity contribution is -0.0511. The number of aromatic nitrogens is 4. The van der Waals surface area contributed by atoms with Crippen molar-refractivity contribution in [1.82, 2.24) is 24.4 Å². The van der Waals surface area contributed by atoms with E-state index in [0.29, 0.717) is 5.52 Å². The van der Waals surface area contributed by atoms with Gasteiger partial charge in [0.2, 0.25) is 0 Å². The van der Waals surface area contributed by atoms with E-state index in [4.69, 9.17) is 4.74 Å². The van der Waals surface area contributed by atoms with Crippen LogP contribution in [-0.4, -0.2) is 85.1 Å². The number of nitrogens with zero attached hydrogens (tertiary/aromatic N) is 5. The van der Waals surface area contributed by atoms with Gasteiger partial charge in [-0.2, -0.15) is 4.98 Å². The zero-order valence-electron chi connectivity index (χ0n) is 13.1. The second-order valence-corrected chi connectivity index (χ2v) is 5.65. The number of ether oxygens (including phenoxy) is 1. The summed E-state index contributed by atoms with van der Waals surface area (Å²) < 4.78 is 6.78. The predicted molar refractivity (Wildman–Crippen MR) is 83.0 cm³/mol. The standard InChI is InChI=1S/C13H18N6O5/c1-18(2)4-15-10-7-11(17-13(23)16-10)19(5-14-7)12-9(22)8(21)6(3-20)24-12/h4-6,8-9,12,20-22H,3H2,1-2H3,(H,16,17,23). The van der Waals surface area contributed by atoms with Crippen molar-refractivity contribution in [3.05, 3.63) is 16.8 Å². The zero-order valence-corrected chi connectivity index (χ0v) is 13.1. The second-order valence-electron chi connectivity index (χ2n) is 5.65. The first-order valence-corrected chi connectivity index (χ1v) is 7.22. The number of hydrogen-bond acceptors (Lipinski definition) is 8. The lowest BCUT2D eigenvalue weighted by Gasteiger charge is -2.16. The summed E-state index contributed by atoms with van der Waals surface area (Å²) in [5.74, 6) is 0.212. The topological polar surface area (TPSA) is 149 Å². The molecule has 4 unspecified atom stereocenters. The van der Waals surface area contributed by atoms with Gasteiger partial charge in [-0.1, -0.05) is 0 Å². The molecular weight excluding hydrogens is 320 g/mol. The quantitative estimate of drug-likeness (QED) is 0.368. The number of nitrogens with one attached hydrogen (secondary N) is 1. The lowest BCUT2D eigenvalue weighted by atomic mass is 10.1. The minimum atomic E-state index is -1.30. The second kappa shape index (κ2) is 6.28. The van der Waals surface area contributed by atoms with Crippen LogP contribution in [0.5, 0.6) is 0 Å². The first kappa shape index (κ1) is 16.5.